The van der Waals surface area contributed by atoms with Gasteiger partial charge in [0, 0.05) is 17.0 Å². The van der Waals surface area contributed by atoms with Crippen molar-refractivity contribution >= 4 is 22.6 Å². The average Bonchev–Trinajstić information content (AvgIpc) is 2.81. The van der Waals surface area contributed by atoms with Crippen LogP contribution in [0.2, 0.25) is 5.02 Å². The molecule has 20 heavy (non-hydrogen) atoms. The molecule has 0 fully saturated rings. The first-order chi connectivity index (χ1) is 9.60. The summed E-state index contributed by atoms with van der Waals surface area (Å²) in [5.41, 5.74) is 0.748. The molecule has 1 heterocycles. The Bertz CT molecular complexity index is 559. The van der Waals surface area contributed by atoms with Crippen molar-refractivity contribution in [2.75, 3.05) is 20.3 Å². The van der Waals surface area contributed by atoms with E-state index in [1.165, 1.54) is 0 Å². The second-order valence-electron chi connectivity index (χ2n) is 4.43. The number of hydrogen-bond acceptors (Lipinski definition) is 3. The van der Waals surface area contributed by atoms with Gasteiger partial charge in [-0.25, -0.2) is 8.78 Å². The van der Waals surface area contributed by atoms with Crippen LogP contribution in [-0.2, 0) is 4.74 Å². The molecule has 1 aromatic heterocycles. The number of halogens is 3. The molecule has 110 valence electrons. The predicted molar refractivity (Wildman–Crippen MR) is 74.5 cm³/mol. The molecule has 0 spiro atoms. The summed E-state index contributed by atoms with van der Waals surface area (Å²) < 4.78 is 34.6. The van der Waals surface area contributed by atoms with E-state index in [1.54, 1.807) is 19.2 Å². The second-order valence-corrected chi connectivity index (χ2v) is 4.86. The van der Waals surface area contributed by atoms with Crippen molar-refractivity contribution in [3.8, 4) is 0 Å². The maximum atomic E-state index is 12.0. The minimum atomic E-state index is -2.43. The summed E-state index contributed by atoms with van der Waals surface area (Å²) in [6.45, 7) is -0.292. The quantitative estimate of drug-likeness (QED) is 0.785. The van der Waals surface area contributed by atoms with Crippen LogP contribution in [0, 0.1) is 0 Å². The van der Waals surface area contributed by atoms with Gasteiger partial charge in [0.15, 0.2) is 0 Å². The lowest BCUT2D eigenvalue weighted by molar-refractivity contribution is 0.0141. The number of alkyl halides is 2. The molecule has 0 aliphatic rings. The van der Waals surface area contributed by atoms with Crippen LogP contribution in [0.5, 0.6) is 0 Å². The molecule has 0 saturated heterocycles. The van der Waals surface area contributed by atoms with Crippen molar-refractivity contribution in [1.29, 1.82) is 0 Å². The minimum absolute atomic E-state index is 0.0844. The van der Waals surface area contributed by atoms with Crippen molar-refractivity contribution in [3.63, 3.8) is 0 Å². The van der Waals surface area contributed by atoms with Crippen LogP contribution in [-0.4, -0.2) is 26.7 Å². The summed E-state index contributed by atoms with van der Waals surface area (Å²) in [7, 11) is 1.79. The van der Waals surface area contributed by atoms with E-state index >= 15 is 0 Å². The summed E-state index contributed by atoms with van der Waals surface area (Å²) in [4.78, 5) is 0. The van der Waals surface area contributed by atoms with E-state index in [0.717, 1.165) is 16.7 Å². The molecule has 1 aromatic carbocycles. The minimum Gasteiger partial charge on any atom is -0.459 e. The molecule has 0 aliphatic carbocycles. The van der Waals surface area contributed by atoms with E-state index in [4.69, 9.17) is 20.8 Å². The van der Waals surface area contributed by atoms with Gasteiger partial charge in [0.05, 0.1) is 6.04 Å². The lowest BCUT2D eigenvalue weighted by Crippen LogP contribution is -2.18. The number of hydrogen-bond donors (Lipinski definition) is 1. The number of fused-ring (bicyclic) bond motifs is 1. The van der Waals surface area contributed by atoms with Crippen LogP contribution >= 0.6 is 11.6 Å². The fraction of sp³-hybridized carbons (Fsp3) is 0.429. The summed E-state index contributed by atoms with van der Waals surface area (Å²) in [6, 6.07) is 7.21. The third-order valence-corrected chi connectivity index (χ3v) is 3.22. The molecule has 0 radical (unpaired) electrons. The van der Waals surface area contributed by atoms with Gasteiger partial charge in [0.1, 0.15) is 18.0 Å². The Kier molecular flexibility index (Phi) is 5.34. The highest BCUT2D eigenvalue weighted by atomic mass is 35.5. The molecule has 2 rings (SSSR count). The molecule has 3 nitrogen and oxygen atoms in total. The largest absolute Gasteiger partial charge is 0.459 e. The average molecular weight is 304 g/mol. The Morgan fingerprint density at radius 3 is 2.85 bits per heavy atom. The SMILES string of the molecule is CNC(CCOCC(F)F)c1cc2cc(Cl)ccc2o1. The predicted octanol–water partition coefficient (Wildman–Crippen LogP) is 4.02. The summed E-state index contributed by atoms with van der Waals surface area (Å²) in [5.74, 6) is 0.741. The maximum absolute atomic E-state index is 12.0. The molecular formula is C14H16ClF2NO2. The van der Waals surface area contributed by atoms with Crippen LogP contribution < -0.4 is 5.32 Å². The molecule has 0 bridgehead atoms. The number of nitrogens with one attached hydrogen (secondary N) is 1. The lowest BCUT2D eigenvalue weighted by atomic mass is 10.1. The van der Waals surface area contributed by atoms with Gasteiger partial charge in [0.2, 0.25) is 0 Å². The lowest BCUT2D eigenvalue weighted by Gasteiger charge is -2.13. The van der Waals surface area contributed by atoms with Gasteiger partial charge in [-0.2, -0.15) is 0 Å². The van der Waals surface area contributed by atoms with Crippen molar-refractivity contribution < 1.29 is 17.9 Å². The molecule has 0 saturated carbocycles. The monoisotopic (exact) mass is 303 g/mol. The molecule has 0 aliphatic heterocycles. The molecule has 1 N–H and O–H groups in total. The van der Waals surface area contributed by atoms with E-state index < -0.39 is 13.0 Å². The topological polar surface area (TPSA) is 34.4 Å². The maximum Gasteiger partial charge on any atom is 0.261 e. The highest BCUT2D eigenvalue weighted by Gasteiger charge is 2.15. The van der Waals surface area contributed by atoms with Gasteiger partial charge >= 0.3 is 0 Å². The number of ether oxygens (including phenoxy) is 1. The van der Waals surface area contributed by atoms with Crippen molar-refractivity contribution in [2.24, 2.45) is 0 Å². The first kappa shape index (κ1) is 15.2. The zero-order chi connectivity index (χ0) is 14.5. The van der Waals surface area contributed by atoms with Crippen molar-refractivity contribution in [1.82, 2.24) is 5.32 Å². The molecule has 0 amide bonds. The van der Waals surface area contributed by atoms with Crippen LogP contribution in [0.25, 0.3) is 11.0 Å². The second kappa shape index (κ2) is 7.02. The number of benzene rings is 1. The van der Waals surface area contributed by atoms with Crippen LogP contribution in [0.1, 0.15) is 18.2 Å². The summed E-state index contributed by atoms with van der Waals surface area (Å²) >= 11 is 5.93. The Hall–Kier alpha value is -1.17. The standard InChI is InChI=1S/C14H16ClF2NO2/c1-18-11(4-5-19-8-14(16)17)13-7-9-6-10(15)2-3-12(9)20-13/h2-3,6-7,11,14,18H,4-5,8H2,1H3. The number of rotatable bonds is 7. The van der Waals surface area contributed by atoms with Gasteiger partial charge in [0.25, 0.3) is 6.43 Å². The first-order valence-electron chi connectivity index (χ1n) is 6.32. The Morgan fingerprint density at radius 2 is 2.15 bits per heavy atom. The van der Waals surface area contributed by atoms with Gasteiger partial charge in [-0.15, -0.1) is 0 Å². The Labute approximate surface area is 120 Å². The first-order valence-corrected chi connectivity index (χ1v) is 6.70. The molecular weight excluding hydrogens is 288 g/mol. The molecule has 1 atom stereocenters. The van der Waals surface area contributed by atoms with Crippen LogP contribution in [0.4, 0.5) is 8.78 Å². The van der Waals surface area contributed by atoms with E-state index in [2.05, 4.69) is 5.32 Å². The van der Waals surface area contributed by atoms with Gasteiger partial charge in [-0.1, -0.05) is 11.6 Å². The van der Waals surface area contributed by atoms with E-state index in [1.807, 2.05) is 12.1 Å². The third kappa shape index (κ3) is 3.91. The number of furan rings is 1. The Morgan fingerprint density at radius 1 is 1.35 bits per heavy atom. The highest BCUT2D eigenvalue weighted by Crippen LogP contribution is 2.27. The van der Waals surface area contributed by atoms with Gasteiger partial charge in [-0.3, -0.25) is 0 Å². The third-order valence-electron chi connectivity index (χ3n) is 2.98. The van der Waals surface area contributed by atoms with E-state index in [-0.39, 0.29) is 12.6 Å². The fourth-order valence-corrected chi connectivity index (χ4v) is 2.19. The Balaban J connectivity index is 2.01. The molecule has 2 aromatic rings. The van der Waals surface area contributed by atoms with Crippen molar-refractivity contribution in [3.05, 3.63) is 35.0 Å². The normalized spacial score (nSPS) is 13.2. The molecule has 1 unspecified atom stereocenters. The van der Waals surface area contributed by atoms with E-state index in [9.17, 15) is 8.78 Å². The van der Waals surface area contributed by atoms with Crippen molar-refractivity contribution in [2.45, 2.75) is 18.9 Å². The van der Waals surface area contributed by atoms with Crippen LogP contribution in [0.3, 0.4) is 0 Å². The zero-order valence-corrected chi connectivity index (χ0v) is 11.8. The molecule has 6 heteroatoms. The highest BCUT2D eigenvalue weighted by molar-refractivity contribution is 6.31. The van der Waals surface area contributed by atoms with E-state index in [0.29, 0.717) is 11.4 Å². The van der Waals surface area contributed by atoms with Gasteiger partial charge < -0.3 is 14.5 Å². The van der Waals surface area contributed by atoms with Gasteiger partial charge in [-0.05, 0) is 37.7 Å². The van der Waals surface area contributed by atoms with Crippen LogP contribution in [0.15, 0.2) is 28.7 Å². The smallest absolute Gasteiger partial charge is 0.261 e. The summed E-state index contributed by atoms with van der Waals surface area (Å²) in [6.07, 6.45) is -1.88. The zero-order valence-electron chi connectivity index (χ0n) is 11.0. The fourth-order valence-electron chi connectivity index (χ4n) is 2.01. The summed E-state index contributed by atoms with van der Waals surface area (Å²) in [5, 5.41) is 4.65.